The van der Waals surface area contributed by atoms with Crippen LogP contribution in [0.25, 0.3) is 5.69 Å². The van der Waals surface area contributed by atoms with Crippen LogP contribution in [0.3, 0.4) is 0 Å². The summed E-state index contributed by atoms with van der Waals surface area (Å²) < 4.78 is 20.7. The van der Waals surface area contributed by atoms with Crippen molar-refractivity contribution >= 4 is 17.3 Å². The van der Waals surface area contributed by atoms with Crippen molar-refractivity contribution in [1.82, 2.24) is 25.0 Å². The molecule has 10 nitrogen and oxygen atoms in total. The van der Waals surface area contributed by atoms with Crippen LogP contribution in [-0.2, 0) is 0 Å². The van der Waals surface area contributed by atoms with Gasteiger partial charge in [0.15, 0.2) is 0 Å². The highest BCUT2D eigenvalue weighted by molar-refractivity contribution is 6.14. The molecule has 2 heterocycles. The number of ether oxygens (including phenoxy) is 1. The number of nitrogens with zero attached hydrogens (tertiary/aromatic N) is 6. The van der Waals surface area contributed by atoms with Crippen LogP contribution < -0.4 is 21.2 Å². The number of nitrogens with two attached hydrogens (primary N) is 2. The van der Waals surface area contributed by atoms with Gasteiger partial charge in [0.25, 0.3) is 0 Å². The zero-order chi connectivity index (χ0) is 24.2. The van der Waals surface area contributed by atoms with Gasteiger partial charge in [0.2, 0.25) is 5.71 Å². The third kappa shape index (κ3) is 4.37. The number of nitrogens with one attached hydrogen (secondary N) is 1. The van der Waals surface area contributed by atoms with E-state index in [0.29, 0.717) is 34.0 Å². The Hall–Kier alpha value is -4.85. The van der Waals surface area contributed by atoms with E-state index in [1.54, 1.807) is 42.6 Å². The normalized spacial score (nSPS) is 11.5. The van der Waals surface area contributed by atoms with E-state index in [4.69, 9.17) is 15.9 Å². The molecule has 170 valence electrons. The number of hydrogen-bond acceptors (Lipinski definition) is 8. The van der Waals surface area contributed by atoms with Crippen molar-refractivity contribution in [3.63, 3.8) is 0 Å². The van der Waals surface area contributed by atoms with Gasteiger partial charge in [0.1, 0.15) is 46.5 Å². The molecule has 0 aliphatic rings. The number of hydrogen-bond donors (Lipinski definition) is 3. The Morgan fingerprint density at radius 2 is 2.06 bits per heavy atom. The molecule has 0 spiro atoms. The van der Waals surface area contributed by atoms with E-state index >= 15 is 0 Å². The number of nitrogen functional groups attached to an aromatic ring is 1. The summed E-state index contributed by atoms with van der Waals surface area (Å²) in [5.41, 5.74) is 8.50. The van der Waals surface area contributed by atoms with E-state index in [0.717, 1.165) is 0 Å². The average Bonchev–Trinajstić information content (AvgIpc) is 3.34. The number of methoxy groups -OCH3 is 1. The highest BCUT2D eigenvalue weighted by Crippen LogP contribution is 2.26. The molecule has 0 fully saturated rings. The molecule has 0 bridgehead atoms. The van der Waals surface area contributed by atoms with E-state index in [2.05, 4.69) is 31.7 Å². The topological polar surface area (TPSA) is 153 Å². The summed E-state index contributed by atoms with van der Waals surface area (Å²) in [6, 6.07) is 12.9. The van der Waals surface area contributed by atoms with Gasteiger partial charge >= 0.3 is 0 Å². The lowest BCUT2D eigenvalue weighted by atomic mass is 10.0. The summed E-state index contributed by atoms with van der Waals surface area (Å²) in [5, 5.41) is 27.2. The maximum absolute atomic E-state index is 14.1. The second kappa shape index (κ2) is 9.33. The van der Waals surface area contributed by atoms with Crippen LogP contribution in [0.4, 0.5) is 16.0 Å². The lowest BCUT2D eigenvalue weighted by molar-refractivity contribution is -0.111. The van der Waals surface area contributed by atoms with E-state index in [1.165, 1.54) is 24.2 Å². The fraction of sp³-hybridized carbons (Fsp3) is 0.130. The summed E-state index contributed by atoms with van der Waals surface area (Å²) in [5.74, 6) is 0.570. The van der Waals surface area contributed by atoms with Gasteiger partial charge in [-0.25, -0.2) is 19.0 Å². The van der Waals surface area contributed by atoms with Crippen molar-refractivity contribution in [2.75, 3.05) is 18.2 Å². The van der Waals surface area contributed by atoms with Gasteiger partial charge in [0.05, 0.1) is 36.5 Å². The van der Waals surface area contributed by atoms with Crippen LogP contribution in [-0.4, -0.2) is 37.8 Å². The second-order valence-electron chi connectivity index (χ2n) is 7.36. The number of rotatable bonds is 7. The van der Waals surface area contributed by atoms with Crippen LogP contribution in [0.15, 0.2) is 55.0 Å². The van der Waals surface area contributed by atoms with Gasteiger partial charge in [-0.15, -0.1) is 5.10 Å². The van der Waals surface area contributed by atoms with E-state index in [-0.39, 0.29) is 23.3 Å². The van der Waals surface area contributed by atoms with Gasteiger partial charge in [-0.1, -0.05) is 17.3 Å². The lowest BCUT2D eigenvalue weighted by Gasteiger charge is -2.15. The van der Waals surface area contributed by atoms with Gasteiger partial charge in [-0.3, -0.25) is 5.41 Å². The molecule has 2 aromatic heterocycles. The van der Waals surface area contributed by atoms with Crippen LogP contribution in [0.1, 0.15) is 35.3 Å². The third-order valence-corrected chi connectivity index (χ3v) is 5.14. The number of aromatic nitrogens is 5. The summed E-state index contributed by atoms with van der Waals surface area (Å²) in [6.45, 7) is 1.84. The monoisotopic (exact) mass is 458 g/mol. The Labute approximate surface area is 194 Å². The Morgan fingerprint density at radius 1 is 1.26 bits per heavy atom. The Balaban J connectivity index is 1.65. The maximum Gasteiger partial charge on any atom is 0.218 e. The fourth-order valence-electron chi connectivity index (χ4n) is 3.36. The first-order valence-electron chi connectivity index (χ1n) is 10.2. The van der Waals surface area contributed by atoms with E-state index in [9.17, 15) is 9.65 Å². The molecule has 0 saturated heterocycles. The highest BCUT2D eigenvalue weighted by atomic mass is 19.1. The van der Waals surface area contributed by atoms with Crippen molar-refractivity contribution in [2.45, 2.75) is 13.0 Å². The first-order chi connectivity index (χ1) is 16.4. The number of benzene rings is 2. The Morgan fingerprint density at radius 3 is 2.79 bits per heavy atom. The number of nitriles is 1. The molecule has 0 aliphatic carbocycles. The molecule has 2 aromatic carbocycles. The second-order valence-corrected chi connectivity index (χ2v) is 7.36. The summed E-state index contributed by atoms with van der Waals surface area (Å²) >= 11 is 0. The molecule has 0 radical (unpaired) electrons. The van der Waals surface area contributed by atoms with Crippen LogP contribution in [0.5, 0.6) is 5.75 Å². The minimum absolute atomic E-state index is 0.151. The third-order valence-electron chi connectivity index (χ3n) is 5.14. The smallest absolute Gasteiger partial charge is 0.218 e. The van der Waals surface area contributed by atoms with Crippen LogP contribution in [0, 0.1) is 17.1 Å². The Kier molecular flexibility index (Phi) is 6.13. The zero-order valence-electron chi connectivity index (χ0n) is 18.4. The fourth-order valence-corrected chi connectivity index (χ4v) is 3.36. The van der Waals surface area contributed by atoms with Crippen LogP contribution >= 0.6 is 0 Å². The zero-order valence-corrected chi connectivity index (χ0v) is 18.4. The molecule has 1 unspecified atom stereocenters. The molecule has 34 heavy (non-hydrogen) atoms. The van der Waals surface area contributed by atoms with Crippen molar-refractivity contribution in [3.05, 3.63) is 83.2 Å². The minimum atomic E-state index is -0.414. The standard InChI is InChI=1S/C23H20FN9O/c1-13(18-11-33(32-31-18)19-6-4-3-5-17(19)24)30-23-20(22(27)28-12-29-23)21(26)15-7-14(10-25)8-16(9-15)34-2/h3-9,11-13,26H,1-2H3,(H3,27,28,29,30)/p+1. The molecule has 5 N–H and O–H groups in total. The molecule has 0 aliphatic heterocycles. The molecular formula is C23H21FN9O+. The average molecular weight is 458 g/mol. The van der Waals surface area contributed by atoms with E-state index < -0.39 is 5.82 Å². The molecule has 1 atom stereocenters. The molecule has 4 aromatic rings. The summed E-state index contributed by atoms with van der Waals surface area (Å²) in [4.78, 5) is 8.36. The molecular weight excluding hydrogens is 437 g/mol. The van der Waals surface area contributed by atoms with E-state index in [1.807, 2.05) is 6.92 Å². The van der Waals surface area contributed by atoms with Crippen LogP contribution in [0.2, 0.25) is 0 Å². The van der Waals surface area contributed by atoms with Crippen molar-refractivity contribution < 1.29 is 14.5 Å². The number of halogens is 1. The Bertz CT molecular complexity index is 1410. The number of anilines is 2. The molecule has 0 saturated carbocycles. The minimum Gasteiger partial charge on any atom is -0.497 e. The molecule has 4 rings (SSSR count). The number of para-hydroxylation sites is 1. The first kappa shape index (κ1) is 22.3. The van der Waals surface area contributed by atoms with Crippen molar-refractivity contribution in [1.29, 1.82) is 5.26 Å². The van der Waals surface area contributed by atoms with Gasteiger partial charge < -0.3 is 15.8 Å². The van der Waals surface area contributed by atoms with Gasteiger partial charge in [-0.2, -0.15) is 5.26 Å². The summed E-state index contributed by atoms with van der Waals surface area (Å²) in [7, 11) is 1.50. The van der Waals surface area contributed by atoms with Crippen molar-refractivity contribution in [2.24, 2.45) is 0 Å². The lowest BCUT2D eigenvalue weighted by Crippen LogP contribution is -2.42. The van der Waals surface area contributed by atoms with Crippen molar-refractivity contribution in [3.8, 4) is 17.5 Å². The first-order valence-corrected chi connectivity index (χ1v) is 10.2. The largest absolute Gasteiger partial charge is 0.497 e. The maximum atomic E-state index is 14.1. The van der Waals surface area contributed by atoms with Gasteiger partial charge in [-0.05, 0) is 37.3 Å². The molecule has 0 amide bonds. The molecule has 11 heteroatoms. The SMILES string of the molecule is COc1cc(C#N)cc(C(=[NH2+])c2c(N)ncnc2NC(C)c2cn(-c3ccccc3F)nn2)c1. The van der Waals surface area contributed by atoms with Gasteiger partial charge in [0, 0.05) is 0 Å². The quantitative estimate of drug-likeness (QED) is 0.352. The highest BCUT2D eigenvalue weighted by Gasteiger charge is 2.24. The predicted molar refractivity (Wildman–Crippen MR) is 123 cm³/mol. The predicted octanol–water partition coefficient (Wildman–Crippen LogP) is 1.43. The summed E-state index contributed by atoms with van der Waals surface area (Å²) in [6.07, 6.45) is 2.93.